The van der Waals surface area contributed by atoms with E-state index in [1.54, 1.807) is 16.8 Å². The van der Waals surface area contributed by atoms with Gasteiger partial charge in [0, 0.05) is 24.6 Å². The number of nitrogens with zero attached hydrogens (tertiary/aromatic N) is 3. The minimum atomic E-state index is -3.70. The van der Waals surface area contributed by atoms with Crippen molar-refractivity contribution in [3.8, 4) is 5.75 Å². The van der Waals surface area contributed by atoms with Crippen molar-refractivity contribution >= 4 is 27.1 Å². The highest BCUT2D eigenvalue weighted by Crippen LogP contribution is 2.31. The number of pyridine rings is 1. The van der Waals surface area contributed by atoms with Gasteiger partial charge >= 0.3 is 0 Å². The van der Waals surface area contributed by atoms with Crippen molar-refractivity contribution < 1.29 is 17.5 Å². The molecule has 0 radical (unpaired) electrons. The predicted molar refractivity (Wildman–Crippen MR) is 87.1 cm³/mol. The molecule has 2 aromatic heterocycles. The van der Waals surface area contributed by atoms with Crippen LogP contribution in [0.1, 0.15) is 5.56 Å². The highest BCUT2D eigenvalue weighted by atomic mass is 32.2. The van der Waals surface area contributed by atoms with E-state index in [4.69, 9.17) is 4.74 Å². The second kappa shape index (κ2) is 5.75. The summed E-state index contributed by atoms with van der Waals surface area (Å²) in [5, 5.41) is 7.09. The van der Waals surface area contributed by atoms with Crippen LogP contribution in [0.3, 0.4) is 0 Å². The molecule has 24 heavy (non-hydrogen) atoms. The molecule has 0 aliphatic heterocycles. The van der Waals surface area contributed by atoms with Crippen LogP contribution in [0.2, 0.25) is 0 Å². The van der Waals surface area contributed by atoms with Crippen LogP contribution < -0.4 is 10.1 Å². The van der Waals surface area contributed by atoms with E-state index in [9.17, 15) is 12.8 Å². The van der Waals surface area contributed by atoms with Crippen molar-refractivity contribution in [3.63, 3.8) is 0 Å². The molecule has 0 aliphatic rings. The molecule has 126 valence electrons. The lowest BCUT2D eigenvalue weighted by Crippen LogP contribution is -2.04. The number of fused-ring (bicyclic) bond motifs is 1. The largest absolute Gasteiger partial charge is 0.495 e. The van der Waals surface area contributed by atoms with Crippen molar-refractivity contribution in [1.29, 1.82) is 0 Å². The van der Waals surface area contributed by atoms with Crippen LogP contribution >= 0.6 is 0 Å². The first-order chi connectivity index (χ1) is 11.3. The summed E-state index contributed by atoms with van der Waals surface area (Å²) in [6.07, 6.45) is 2.74. The Balaban J connectivity index is 2.03. The Labute approximate surface area is 138 Å². The maximum Gasteiger partial charge on any atom is 0.247 e. The van der Waals surface area contributed by atoms with E-state index < -0.39 is 20.5 Å². The SMILES string of the molecule is COc1cc(S(C)(=O)=O)c(F)cc1Nc1nc2ccc(C)cn2n1. The standard InChI is InChI=1S/C15H15FN4O3S/c1-9-4-5-14-18-15(19-20(14)8-9)17-11-6-10(16)13(24(3,21)22)7-12(11)23-2/h4-8H,1-3H3,(H,17,19). The van der Waals surface area contributed by atoms with E-state index in [1.807, 2.05) is 13.0 Å². The second-order valence-corrected chi connectivity index (χ2v) is 7.31. The summed E-state index contributed by atoms with van der Waals surface area (Å²) in [4.78, 5) is 3.84. The highest BCUT2D eigenvalue weighted by molar-refractivity contribution is 7.90. The number of aryl methyl sites for hydroxylation is 1. The number of halogens is 1. The van der Waals surface area contributed by atoms with Gasteiger partial charge in [0.05, 0.1) is 12.8 Å². The van der Waals surface area contributed by atoms with Gasteiger partial charge in [0.2, 0.25) is 5.95 Å². The van der Waals surface area contributed by atoms with Crippen molar-refractivity contribution in [2.75, 3.05) is 18.7 Å². The molecule has 3 rings (SSSR count). The Morgan fingerprint density at radius 1 is 1.29 bits per heavy atom. The van der Waals surface area contributed by atoms with Gasteiger partial charge in [-0.05, 0) is 18.6 Å². The van der Waals surface area contributed by atoms with Crippen LogP contribution in [0.15, 0.2) is 35.4 Å². The van der Waals surface area contributed by atoms with Crippen LogP contribution in [0.5, 0.6) is 5.75 Å². The molecule has 0 spiro atoms. The number of benzene rings is 1. The van der Waals surface area contributed by atoms with E-state index in [1.165, 1.54) is 7.11 Å². The van der Waals surface area contributed by atoms with Gasteiger partial charge in [-0.2, -0.15) is 4.98 Å². The zero-order chi connectivity index (χ0) is 17.5. The molecule has 3 aromatic rings. The molecular weight excluding hydrogens is 335 g/mol. The number of rotatable bonds is 4. The van der Waals surface area contributed by atoms with Gasteiger partial charge in [0.25, 0.3) is 0 Å². The van der Waals surface area contributed by atoms with Crippen LogP contribution in [-0.2, 0) is 9.84 Å². The summed E-state index contributed by atoms with van der Waals surface area (Å²) >= 11 is 0. The van der Waals surface area contributed by atoms with Gasteiger partial charge in [-0.1, -0.05) is 6.07 Å². The lowest BCUT2D eigenvalue weighted by Gasteiger charge is -2.11. The van der Waals surface area contributed by atoms with E-state index in [0.717, 1.165) is 24.0 Å². The summed E-state index contributed by atoms with van der Waals surface area (Å²) in [5.74, 6) is -0.460. The topological polar surface area (TPSA) is 85.6 Å². The van der Waals surface area contributed by atoms with Gasteiger partial charge < -0.3 is 10.1 Å². The molecular formula is C15H15FN4O3S. The first-order valence-corrected chi connectivity index (χ1v) is 8.85. The molecule has 0 amide bonds. The fourth-order valence-electron chi connectivity index (χ4n) is 2.24. The minimum absolute atomic E-state index is 0.173. The number of sulfone groups is 1. The van der Waals surface area contributed by atoms with Crippen LogP contribution in [0, 0.1) is 12.7 Å². The lowest BCUT2D eigenvalue weighted by molar-refractivity contribution is 0.413. The minimum Gasteiger partial charge on any atom is -0.495 e. The van der Waals surface area contributed by atoms with E-state index in [0.29, 0.717) is 5.65 Å². The Morgan fingerprint density at radius 3 is 2.71 bits per heavy atom. The third-order valence-corrected chi connectivity index (χ3v) is 4.49. The molecule has 0 fully saturated rings. The molecule has 2 heterocycles. The first-order valence-electron chi connectivity index (χ1n) is 6.95. The predicted octanol–water partition coefficient (Wildman–Crippen LogP) is 2.33. The molecule has 1 N–H and O–H groups in total. The summed E-state index contributed by atoms with van der Waals surface area (Å²) in [6.45, 7) is 1.93. The monoisotopic (exact) mass is 350 g/mol. The number of hydrogen-bond acceptors (Lipinski definition) is 6. The summed E-state index contributed by atoms with van der Waals surface area (Å²) in [5.41, 5.74) is 1.87. The van der Waals surface area contributed by atoms with Crippen molar-refractivity contribution in [1.82, 2.24) is 14.6 Å². The number of nitrogens with one attached hydrogen (secondary N) is 1. The first kappa shape index (κ1) is 16.2. The zero-order valence-corrected chi connectivity index (χ0v) is 14.1. The van der Waals surface area contributed by atoms with Crippen LogP contribution in [0.4, 0.5) is 16.0 Å². The molecule has 7 nitrogen and oxygen atoms in total. The fourth-order valence-corrected chi connectivity index (χ4v) is 2.98. The zero-order valence-electron chi connectivity index (χ0n) is 13.2. The van der Waals surface area contributed by atoms with E-state index in [2.05, 4.69) is 15.4 Å². The number of aromatic nitrogens is 3. The van der Waals surface area contributed by atoms with Crippen molar-refractivity contribution in [2.24, 2.45) is 0 Å². The van der Waals surface area contributed by atoms with Crippen LogP contribution in [-0.4, -0.2) is 36.4 Å². The maximum absolute atomic E-state index is 14.1. The summed E-state index contributed by atoms with van der Waals surface area (Å²) in [6, 6.07) is 5.88. The summed E-state index contributed by atoms with van der Waals surface area (Å²) in [7, 11) is -2.33. The quantitative estimate of drug-likeness (QED) is 0.777. The van der Waals surface area contributed by atoms with Crippen molar-refractivity contribution in [2.45, 2.75) is 11.8 Å². The molecule has 0 unspecified atom stereocenters. The highest BCUT2D eigenvalue weighted by Gasteiger charge is 2.19. The molecule has 0 bridgehead atoms. The molecule has 0 atom stereocenters. The average molecular weight is 350 g/mol. The fraction of sp³-hybridized carbons (Fsp3) is 0.200. The number of ether oxygens (including phenoxy) is 1. The third kappa shape index (κ3) is 3.02. The number of hydrogen-bond donors (Lipinski definition) is 1. The Hall–Kier alpha value is -2.68. The third-order valence-electron chi connectivity index (χ3n) is 3.38. The van der Waals surface area contributed by atoms with Gasteiger partial charge in [-0.15, -0.1) is 5.10 Å². The average Bonchev–Trinajstić information content (AvgIpc) is 2.87. The smallest absolute Gasteiger partial charge is 0.247 e. The molecule has 0 saturated carbocycles. The number of methoxy groups -OCH3 is 1. The Morgan fingerprint density at radius 2 is 2.04 bits per heavy atom. The molecule has 1 aromatic carbocycles. The molecule has 9 heteroatoms. The van der Waals surface area contributed by atoms with E-state index in [-0.39, 0.29) is 17.4 Å². The Bertz CT molecular complexity index is 1030. The van der Waals surface area contributed by atoms with Gasteiger partial charge in [0.15, 0.2) is 15.5 Å². The summed E-state index contributed by atoms with van der Waals surface area (Å²) < 4.78 is 44.0. The lowest BCUT2D eigenvalue weighted by atomic mass is 10.3. The normalized spacial score (nSPS) is 11.7. The second-order valence-electron chi connectivity index (χ2n) is 5.32. The van der Waals surface area contributed by atoms with Gasteiger partial charge in [-0.25, -0.2) is 17.3 Å². The van der Waals surface area contributed by atoms with E-state index >= 15 is 0 Å². The Kier molecular flexibility index (Phi) is 3.88. The maximum atomic E-state index is 14.1. The van der Waals surface area contributed by atoms with Crippen molar-refractivity contribution in [3.05, 3.63) is 41.8 Å². The van der Waals surface area contributed by atoms with Crippen LogP contribution in [0.25, 0.3) is 5.65 Å². The molecule has 0 aliphatic carbocycles. The van der Waals surface area contributed by atoms with Gasteiger partial charge in [-0.3, -0.25) is 0 Å². The van der Waals surface area contributed by atoms with Gasteiger partial charge in [0.1, 0.15) is 16.5 Å². The molecule has 0 saturated heterocycles. The number of anilines is 2.